The van der Waals surface area contributed by atoms with E-state index in [9.17, 15) is 4.79 Å². The van der Waals surface area contributed by atoms with Gasteiger partial charge in [0.2, 0.25) is 5.60 Å². The van der Waals surface area contributed by atoms with E-state index in [1.165, 1.54) is 0 Å². The number of aromatic nitrogens is 2. The Morgan fingerprint density at radius 3 is 3.04 bits per heavy atom. The maximum Gasteiger partial charge on any atom is 0.267 e. The number of carbonyl (C=O) groups excluding carboxylic acids is 1. The Balaban J connectivity index is 1.58. The monoisotopic (exact) mass is 332 g/mol. The lowest BCUT2D eigenvalue weighted by Crippen LogP contribution is -2.45. The molecule has 0 radical (unpaired) electrons. The van der Waals surface area contributed by atoms with Crippen molar-refractivity contribution in [2.24, 2.45) is 5.16 Å². The Labute approximate surface area is 139 Å². The summed E-state index contributed by atoms with van der Waals surface area (Å²) in [7, 11) is 0. The first kappa shape index (κ1) is 15.6. The number of halogens is 1. The zero-order valence-corrected chi connectivity index (χ0v) is 13.5. The number of amides is 1. The van der Waals surface area contributed by atoms with Gasteiger partial charge in [0.25, 0.3) is 5.91 Å². The maximum atomic E-state index is 12.4. The molecule has 0 saturated carbocycles. The van der Waals surface area contributed by atoms with E-state index >= 15 is 0 Å². The summed E-state index contributed by atoms with van der Waals surface area (Å²) in [6.45, 7) is 2.88. The summed E-state index contributed by atoms with van der Waals surface area (Å²) in [6.07, 6.45) is 5.64. The number of carbonyl (C=O) groups is 1. The Morgan fingerprint density at radius 2 is 2.30 bits per heavy atom. The molecule has 2 heterocycles. The van der Waals surface area contributed by atoms with Gasteiger partial charge in [0.1, 0.15) is 0 Å². The number of rotatable bonds is 5. The van der Waals surface area contributed by atoms with Crippen molar-refractivity contribution in [2.45, 2.75) is 25.5 Å². The minimum absolute atomic E-state index is 0.191. The summed E-state index contributed by atoms with van der Waals surface area (Å²) in [5.74, 6) is -0.191. The van der Waals surface area contributed by atoms with Crippen molar-refractivity contribution in [2.75, 3.05) is 6.54 Å². The van der Waals surface area contributed by atoms with Gasteiger partial charge in [-0.3, -0.25) is 4.79 Å². The maximum absolute atomic E-state index is 12.4. The van der Waals surface area contributed by atoms with Crippen LogP contribution >= 0.6 is 11.6 Å². The molecule has 0 fully saturated rings. The third kappa shape index (κ3) is 3.37. The normalized spacial score (nSPS) is 20.0. The Kier molecular flexibility index (Phi) is 4.34. The quantitative estimate of drug-likeness (QED) is 0.913. The van der Waals surface area contributed by atoms with Gasteiger partial charge >= 0.3 is 0 Å². The molecular formula is C16H17ClN4O2. The van der Waals surface area contributed by atoms with Crippen molar-refractivity contribution < 1.29 is 9.63 Å². The average molecular weight is 333 g/mol. The van der Waals surface area contributed by atoms with Crippen molar-refractivity contribution in [1.29, 1.82) is 0 Å². The summed E-state index contributed by atoms with van der Waals surface area (Å²) in [5.41, 5.74) is 0.468. The highest BCUT2D eigenvalue weighted by molar-refractivity contribution is 6.34. The number of nitrogens with zero attached hydrogens (tertiary/aromatic N) is 3. The molecule has 1 amide bonds. The van der Waals surface area contributed by atoms with E-state index in [0.717, 1.165) is 5.56 Å². The molecule has 7 heteroatoms. The van der Waals surface area contributed by atoms with Crippen molar-refractivity contribution in [3.8, 4) is 0 Å². The number of benzene rings is 1. The molecule has 1 aliphatic heterocycles. The Bertz CT molecular complexity index is 729. The number of oxime groups is 1. The minimum atomic E-state index is -1.01. The van der Waals surface area contributed by atoms with Crippen LogP contribution in [0.15, 0.2) is 48.1 Å². The molecule has 23 heavy (non-hydrogen) atoms. The summed E-state index contributed by atoms with van der Waals surface area (Å²) >= 11 is 6.17. The van der Waals surface area contributed by atoms with Gasteiger partial charge in [-0.25, -0.2) is 4.98 Å². The second kappa shape index (κ2) is 6.42. The van der Waals surface area contributed by atoms with Crippen molar-refractivity contribution in [1.82, 2.24) is 14.9 Å². The summed E-state index contributed by atoms with van der Waals surface area (Å²) < 4.78 is 1.89. The SMILES string of the molecule is C[C@@]1(C(=O)NCCn2ccnc2)CC(c2ccccc2Cl)=NO1. The van der Waals surface area contributed by atoms with Crippen LogP contribution < -0.4 is 5.32 Å². The second-order valence-corrected chi connectivity index (χ2v) is 5.98. The molecule has 1 aromatic carbocycles. The summed E-state index contributed by atoms with van der Waals surface area (Å²) in [4.78, 5) is 21.8. The highest BCUT2D eigenvalue weighted by atomic mass is 35.5. The summed E-state index contributed by atoms with van der Waals surface area (Å²) in [5, 5.41) is 7.52. The van der Waals surface area contributed by atoms with Gasteiger partial charge < -0.3 is 14.7 Å². The van der Waals surface area contributed by atoms with E-state index in [-0.39, 0.29) is 5.91 Å². The van der Waals surface area contributed by atoms with E-state index < -0.39 is 5.60 Å². The number of hydrogen-bond donors (Lipinski definition) is 1. The van der Waals surface area contributed by atoms with Gasteiger partial charge in [-0.1, -0.05) is 35.0 Å². The van der Waals surface area contributed by atoms with Crippen molar-refractivity contribution in [3.63, 3.8) is 0 Å². The molecule has 1 aliphatic rings. The molecule has 0 aliphatic carbocycles. The molecule has 1 atom stereocenters. The van der Waals surface area contributed by atoms with Crippen LogP contribution in [0.3, 0.4) is 0 Å². The molecule has 3 rings (SSSR count). The highest BCUT2D eigenvalue weighted by Crippen LogP contribution is 2.29. The van der Waals surface area contributed by atoms with E-state index in [1.807, 2.05) is 29.0 Å². The van der Waals surface area contributed by atoms with Crippen molar-refractivity contribution >= 4 is 23.2 Å². The van der Waals surface area contributed by atoms with Crippen LogP contribution in [-0.4, -0.2) is 33.3 Å². The topological polar surface area (TPSA) is 68.5 Å². The van der Waals surface area contributed by atoms with E-state index in [2.05, 4.69) is 15.5 Å². The number of hydrogen-bond acceptors (Lipinski definition) is 4. The van der Waals surface area contributed by atoms with E-state index in [1.54, 1.807) is 25.5 Å². The molecule has 6 nitrogen and oxygen atoms in total. The summed E-state index contributed by atoms with van der Waals surface area (Å²) in [6, 6.07) is 7.39. The first-order chi connectivity index (χ1) is 11.1. The van der Waals surface area contributed by atoms with Gasteiger partial charge in [-0.05, 0) is 13.0 Å². The highest BCUT2D eigenvalue weighted by Gasteiger charge is 2.42. The molecular weight excluding hydrogens is 316 g/mol. The predicted octanol–water partition coefficient (Wildman–Crippen LogP) is 2.24. The van der Waals surface area contributed by atoms with Gasteiger partial charge in [0, 0.05) is 42.5 Å². The third-order valence-corrected chi connectivity index (χ3v) is 4.07. The van der Waals surface area contributed by atoms with Gasteiger partial charge in [-0.2, -0.15) is 0 Å². The van der Waals surface area contributed by atoms with Crippen molar-refractivity contribution in [3.05, 3.63) is 53.6 Å². The zero-order chi connectivity index (χ0) is 16.3. The average Bonchev–Trinajstić information content (AvgIpc) is 3.18. The van der Waals surface area contributed by atoms with Crippen LogP contribution in [0.2, 0.25) is 5.02 Å². The number of nitrogens with one attached hydrogen (secondary N) is 1. The van der Waals surface area contributed by atoms with E-state index in [4.69, 9.17) is 16.4 Å². The second-order valence-electron chi connectivity index (χ2n) is 5.57. The van der Waals surface area contributed by atoms with E-state index in [0.29, 0.717) is 30.2 Å². The smallest absolute Gasteiger partial charge is 0.267 e. The van der Waals surface area contributed by atoms with Gasteiger partial charge in [0.05, 0.1) is 12.0 Å². The first-order valence-corrected chi connectivity index (χ1v) is 7.70. The molecule has 0 unspecified atom stereocenters. The fourth-order valence-corrected chi connectivity index (χ4v) is 2.65. The molecule has 2 aromatic rings. The molecule has 0 bridgehead atoms. The van der Waals surface area contributed by atoms with Crippen LogP contribution in [0.4, 0.5) is 0 Å². The molecule has 0 spiro atoms. The fraction of sp³-hybridized carbons (Fsp3) is 0.312. The van der Waals surface area contributed by atoms with Crippen LogP contribution in [0, 0.1) is 0 Å². The fourth-order valence-electron chi connectivity index (χ4n) is 2.41. The Morgan fingerprint density at radius 1 is 1.48 bits per heavy atom. The molecule has 0 saturated heterocycles. The van der Waals surface area contributed by atoms with Crippen LogP contribution in [0.1, 0.15) is 18.9 Å². The minimum Gasteiger partial charge on any atom is -0.379 e. The van der Waals surface area contributed by atoms with Gasteiger partial charge in [0.15, 0.2) is 0 Å². The lowest BCUT2D eigenvalue weighted by atomic mass is 9.95. The zero-order valence-electron chi connectivity index (χ0n) is 12.7. The standard InChI is InChI=1S/C16H17ClN4O2/c1-16(15(22)19-7-9-21-8-6-18-11-21)10-14(20-23-16)12-4-2-3-5-13(12)17/h2-6,8,11H,7,9-10H2,1H3,(H,19,22)/t16-/m0/s1. The van der Waals surface area contributed by atoms with Crippen LogP contribution in [0.25, 0.3) is 0 Å². The first-order valence-electron chi connectivity index (χ1n) is 7.32. The van der Waals surface area contributed by atoms with Gasteiger partial charge in [-0.15, -0.1) is 0 Å². The van der Waals surface area contributed by atoms with Crippen LogP contribution in [0.5, 0.6) is 0 Å². The predicted molar refractivity (Wildman–Crippen MR) is 87.3 cm³/mol. The molecule has 120 valence electrons. The molecule has 1 aromatic heterocycles. The third-order valence-electron chi connectivity index (χ3n) is 3.74. The lowest BCUT2D eigenvalue weighted by molar-refractivity contribution is -0.141. The largest absolute Gasteiger partial charge is 0.379 e. The lowest BCUT2D eigenvalue weighted by Gasteiger charge is -2.20. The molecule has 1 N–H and O–H groups in total. The number of imidazole rings is 1. The van der Waals surface area contributed by atoms with Crippen LogP contribution in [-0.2, 0) is 16.2 Å². The Hall–Kier alpha value is -2.34.